The number of hydrogen-bond acceptors (Lipinski definition) is 9. The maximum Gasteiger partial charge on any atom is 0.423 e. The van der Waals surface area contributed by atoms with E-state index in [2.05, 4.69) is 26.4 Å². The van der Waals surface area contributed by atoms with Gasteiger partial charge in [-0.2, -0.15) is 23.5 Å². The second kappa shape index (κ2) is 11.8. The van der Waals surface area contributed by atoms with Crippen molar-refractivity contribution in [2.45, 2.75) is 18.8 Å². The molecule has 0 spiro atoms. The monoisotopic (exact) mass is 604 g/mol. The van der Waals surface area contributed by atoms with Crippen LogP contribution in [-0.4, -0.2) is 70.2 Å². The Morgan fingerprint density at radius 1 is 1.14 bits per heavy atom. The number of aromatic amines is 1. The van der Waals surface area contributed by atoms with E-state index < -0.39 is 23.3 Å². The summed E-state index contributed by atoms with van der Waals surface area (Å²) in [4.78, 5) is 35.2. The molecule has 11 nitrogen and oxygen atoms in total. The predicted octanol–water partition coefficient (Wildman–Crippen LogP) is 2.98. The van der Waals surface area contributed by atoms with Gasteiger partial charge in [-0.05, 0) is 42.0 Å². The van der Waals surface area contributed by atoms with Gasteiger partial charge in [0, 0.05) is 50.1 Å². The van der Waals surface area contributed by atoms with Gasteiger partial charge >= 0.3 is 6.18 Å². The summed E-state index contributed by atoms with van der Waals surface area (Å²) in [7, 11) is 0. The highest BCUT2D eigenvalue weighted by Gasteiger charge is 2.42. The third-order valence-corrected chi connectivity index (χ3v) is 7.83. The molecule has 5 heterocycles. The summed E-state index contributed by atoms with van der Waals surface area (Å²) in [5.41, 5.74) is -0.709. The number of hydrogen-bond donors (Lipinski definition) is 2. The van der Waals surface area contributed by atoms with Crippen molar-refractivity contribution in [1.29, 1.82) is 5.26 Å². The first-order valence-corrected chi connectivity index (χ1v) is 13.9. The summed E-state index contributed by atoms with van der Waals surface area (Å²) >= 11 is 0. The Morgan fingerprint density at radius 2 is 1.95 bits per heavy atom. The van der Waals surface area contributed by atoms with E-state index in [9.17, 15) is 22.8 Å². The molecule has 14 heteroatoms. The molecule has 3 aromatic rings. The average Bonchev–Trinajstić information content (AvgIpc) is 3.41. The van der Waals surface area contributed by atoms with Crippen molar-refractivity contribution >= 4 is 11.6 Å². The molecule has 3 aliphatic rings. The molecule has 226 valence electrons. The topological polar surface area (TPSA) is 130 Å². The number of piperazine rings is 1. The third kappa shape index (κ3) is 5.68. The van der Waals surface area contributed by atoms with Gasteiger partial charge in [0.25, 0.3) is 11.5 Å². The maximum absolute atomic E-state index is 13.9. The molecule has 0 radical (unpaired) electrons. The first kappa shape index (κ1) is 28.8. The average molecular weight is 605 g/mol. The normalized spacial score (nSPS) is 18.1. The largest absolute Gasteiger partial charge is 0.491 e. The first-order chi connectivity index (χ1) is 21.2. The predicted molar refractivity (Wildman–Crippen MR) is 152 cm³/mol. The summed E-state index contributed by atoms with van der Waals surface area (Å²) < 4.78 is 47.8. The number of H-pyrrole nitrogens is 1. The van der Waals surface area contributed by atoms with Crippen molar-refractivity contribution < 1.29 is 22.7 Å². The Kier molecular flexibility index (Phi) is 7.69. The highest BCUT2D eigenvalue weighted by molar-refractivity contribution is 5.94. The lowest BCUT2D eigenvalue weighted by Gasteiger charge is -2.38. The molecule has 0 aliphatic carbocycles. The first-order valence-electron chi connectivity index (χ1n) is 13.9. The number of ether oxygens (including phenoxy) is 1. The van der Waals surface area contributed by atoms with E-state index in [0.717, 1.165) is 12.0 Å². The lowest BCUT2D eigenvalue weighted by Crippen LogP contribution is -2.50. The summed E-state index contributed by atoms with van der Waals surface area (Å²) in [6.45, 7) is 2.71. The summed E-state index contributed by atoms with van der Waals surface area (Å²) in [6.07, 6.45) is 1.30. The summed E-state index contributed by atoms with van der Waals surface area (Å²) in [5.74, 6) is 1.13. The fourth-order valence-corrected chi connectivity index (χ4v) is 5.63. The number of fused-ring (bicyclic) bond motifs is 1. The highest BCUT2D eigenvalue weighted by atomic mass is 19.4. The Labute approximate surface area is 249 Å². The number of halogens is 3. The molecule has 1 fully saturated rings. The number of amides is 1. The van der Waals surface area contributed by atoms with Crippen molar-refractivity contribution in [3.05, 3.63) is 105 Å². The van der Waals surface area contributed by atoms with E-state index in [1.807, 2.05) is 11.2 Å². The summed E-state index contributed by atoms with van der Waals surface area (Å²) in [5, 5.41) is 17.8. The van der Waals surface area contributed by atoms with Gasteiger partial charge in [-0.3, -0.25) is 14.6 Å². The van der Waals surface area contributed by atoms with Gasteiger partial charge in [-0.15, -0.1) is 0 Å². The van der Waals surface area contributed by atoms with E-state index in [-0.39, 0.29) is 24.7 Å². The molecule has 1 saturated heterocycles. The van der Waals surface area contributed by atoms with E-state index in [1.165, 1.54) is 4.90 Å². The number of rotatable bonds is 6. The number of dihydropyridines is 1. The zero-order valence-electron chi connectivity index (χ0n) is 23.3. The second-order valence-electron chi connectivity index (χ2n) is 10.5. The Balaban J connectivity index is 1.16. The Hall–Kier alpha value is -5.32. The van der Waals surface area contributed by atoms with Crippen molar-refractivity contribution in [3.63, 3.8) is 0 Å². The number of anilines is 1. The van der Waals surface area contributed by atoms with Crippen LogP contribution in [0.4, 0.5) is 18.9 Å². The minimum Gasteiger partial charge on any atom is -0.491 e. The number of nitrogens with zero attached hydrogens (tertiary/aromatic N) is 6. The van der Waals surface area contributed by atoms with Crippen molar-refractivity contribution in [2.24, 2.45) is 0 Å². The standard InChI is InChI=1S/C30H27F3N8O3/c31-30(32,33)26-23(16-37-38-28(26)42)41-17-21-4-2-8-35-27(21)24(41)18-44-22-5-1-3-20(13-22)29(43)40-11-9-39(10-12-40)25-7-6-19(14-34)15-36-25/h1-8,13,16,24,36H,9-12,15,17-18H2,(H,38,42). The van der Waals surface area contributed by atoms with Gasteiger partial charge in [0.2, 0.25) is 0 Å². The molecule has 1 unspecified atom stereocenters. The smallest absolute Gasteiger partial charge is 0.423 e. The molecular weight excluding hydrogens is 577 g/mol. The van der Waals surface area contributed by atoms with Gasteiger partial charge < -0.3 is 24.8 Å². The zero-order valence-corrected chi connectivity index (χ0v) is 23.3. The van der Waals surface area contributed by atoms with E-state index >= 15 is 0 Å². The Morgan fingerprint density at radius 3 is 2.68 bits per heavy atom. The van der Waals surface area contributed by atoms with Crippen LogP contribution >= 0.6 is 0 Å². The van der Waals surface area contributed by atoms with Crippen LogP contribution < -0.4 is 20.5 Å². The number of aromatic nitrogens is 3. The van der Waals surface area contributed by atoms with Crippen LogP contribution in [0, 0.1) is 11.3 Å². The van der Waals surface area contributed by atoms with Crippen molar-refractivity contribution in [3.8, 4) is 11.8 Å². The molecular formula is C30H27F3N8O3. The minimum atomic E-state index is -4.90. The van der Waals surface area contributed by atoms with E-state index in [0.29, 0.717) is 60.9 Å². The number of alkyl halides is 3. The van der Waals surface area contributed by atoms with Crippen LogP contribution in [0.15, 0.2) is 77.1 Å². The molecule has 6 rings (SSSR count). The lowest BCUT2D eigenvalue weighted by atomic mass is 10.1. The maximum atomic E-state index is 13.9. The number of pyridine rings is 1. The molecule has 0 bridgehead atoms. The number of nitrogens with one attached hydrogen (secondary N) is 2. The van der Waals surface area contributed by atoms with Crippen LogP contribution in [0.2, 0.25) is 0 Å². The van der Waals surface area contributed by atoms with Crippen molar-refractivity contribution in [1.82, 2.24) is 30.3 Å². The zero-order chi connectivity index (χ0) is 30.8. The van der Waals surface area contributed by atoms with Crippen molar-refractivity contribution in [2.75, 3.05) is 44.2 Å². The van der Waals surface area contributed by atoms with Crippen LogP contribution in [0.3, 0.4) is 0 Å². The molecule has 3 aliphatic heterocycles. The lowest BCUT2D eigenvalue weighted by molar-refractivity contribution is -0.138. The van der Waals surface area contributed by atoms with Crippen LogP contribution in [0.25, 0.3) is 0 Å². The van der Waals surface area contributed by atoms with Crippen LogP contribution in [-0.2, 0) is 12.7 Å². The fourth-order valence-electron chi connectivity index (χ4n) is 5.63. The fraction of sp³-hybridized carbons (Fsp3) is 0.300. The number of carbonyl (C=O) groups is 1. The number of benzene rings is 1. The van der Waals surface area contributed by atoms with Gasteiger partial charge in [0.15, 0.2) is 0 Å². The quantitative estimate of drug-likeness (QED) is 0.436. The number of allylic oxidation sites excluding steroid dienone is 2. The number of carbonyl (C=O) groups excluding carboxylic acids is 1. The van der Waals surface area contributed by atoms with E-state index in [1.54, 1.807) is 53.6 Å². The number of nitriles is 1. The molecule has 44 heavy (non-hydrogen) atoms. The SMILES string of the molecule is N#CC1=CC=C(N2CCN(C(=O)c3cccc(OCC4c5ncccc5CN4c4cn[nH]c(=O)c4C(F)(F)F)c3)CC2)NC1. The van der Waals surface area contributed by atoms with Gasteiger partial charge in [0.05, 0.1) is 30.2 Å². The third-order valence-electron chi connectivity index (χ3n) is 7.83. The minimum absolute atomic E-state index is 0.0815. The van der Waals surface area contributed by atoms with Gasteiger partial charge in [0.1, 0.15) is 29.8 Å². The second-order valence-corrected chi connectivity index (χ2v) is 10.5. The van der Waals surface area contributed by atoms with Gasteiger partial charge in [-0.1, -0.05) is 12.1 Å². The molecule has 2 aromatic heterocycles. The molecule has 0 saturated carbocycles. The summed E-state index contributed by atoms with van der Waals surface area (Å²) in [6, 6.07) is 11.5. The highest BCUT2D eigenvalue weighted by Crippen LogP contribution is 2.41. The molecule has 1 aromatic carbocycles. The van der Waals surface area contributed by atoms with E-state index in [4.69, 9.17) is 10.00 Å². The molecule has 1 amide bonds. The Bertz CT molecular complexity index is 1740. The van der Waals surface area contributed by atoms with Gasteiger partial charge in [-0.25, -0.2) is 5.10 Å². The molecule has 2 N–H and O–H groups in total. The van der Waals surface area contributed by atoms with Crippen LogP contribution in [0.1, 0.15) is 33.2 Å². The molecule has 1 atom stereocenters. The van der Waals surface area contributed by atoms with Crippen LogP contribution in [0.5, 0.6) is 5.75 Å².